The summed E-state index contributed by atoms with van der Waals surface area (Å²) in [7, 11) is 0. The van der Waals surface area contributed by atoms with Crippen molar-refractivity contribution in [1.29, 1.82) is 5.26 Å². The SMILES string of the molecule is CCn1c[n+](-c2cncc(OON3C(C)(C)CCCC3(C)C)c2)cn1.N#CN=C=[N-]. The molecule has 1 fully saturated rings. The minimum atomic E-state index is -0.0796. The van der Waals surface area contributed by atoms with Crippen molar-refractivity contribution in [3.05, 3.63) is 36.5 Å². The van der Waals surface area contributed by atoms with Gasteiger partial charge in [-0.2, -0.15) is 5.26 Å². The molecule has 10 heteroatoms. The first-order valence-electron chi connectivity index (χ1n) is 9.75. The Balaban J connectivity index is 0.000000575. The number of rotatable bonds is 5. The lowest BCUT2D eigenvalue weighted by molar-refractivity contribution is -0.596. The van der Waals surface area contributed by atoms with Crippen molar-refractivity contribution in [1.82, 2.24) is 19.8 Å². The fourth-order valence-corrected chi connectivity index (χ4v) is 3.50. The van der Waals surface area contributed by atoms with E-state index >= 15 is 0 Å². The molecule has 0 bridgehead atoms. The third-order valence-corrected chi connectivity index (χ3v) is 4.89. The maximum atomic E-state index is 7.43. The first-order valence-corrected chi connectivity index (χ1v) is 9.75. The molecule has 1 aliphatic rings. The standard InChI is InChI=1S/C18H28N5O2.C2N3/c1-6-22-14-21(13-20-22)15-10-16(12-19-11-15)24-25-23-17(2,3)8-7-9-18(23,4)5;3-1-5-2-4/h10-14H,6-9H2,1-5H3;/q+1;-1. The highest BCUT2D eigenvalue weighted by molar-refractivity contribution is 5.46. The van der Waals surface area contributed by atoms with Gasteiger partial charge in [-0.1, -0.05) is 4.99 Å². The fraction of sp³-hybridized carbons (Fsp3) is 0.550. The average molecular weight is 412 g/mol. The molecule has 0 aliphatic carbocycles. The lowest BCUT2D eigenvalue weighted by Crippen LogP contribution is -2.58. The predicted octanol–water partition coefficient (Wildman–Crippen LogP) is 3.05. The van der Waals surface area contributed by atoms with E-state index in [2.05, 4.69) is 42.8 Å². The second kappa shape index (κ2) is 10.1. The lowest BCUT2D eigenvalue weighted by Gasteiger charge is -2.49. The summed E-state index contributed by atoms with van der Waals surface area (Å²) in [6.07, 6.45) is 11.7. The largest absolute Gasteiger partial charge is 0.422 e. The number of nitriles is 1. The summed E-state index contributed by atoms with van der Waals surface area (Å²) in [6.45, 7) is 11.6. The van der Waals surface area contributed by atoms with Crippen LogP contribution < -0.4 is 9.45 Å². The third-order valence-electron chi connectivity index (χ3n) is 4.89. The van der Waals surface area contributed by atoms with Gasteiger partial charge in [0, 0.05) is 22.2 Å². The summed E-state index contributed by atoms with van der Waals surface area (Å²) < 4.78 is 3.75. The van der Waals surface area contributed by atoms with Crippen LogP contribution in [0.1, 0.15) is 53.9 Å². The predicted molar refractivity (Wildman–Crippen MR) is 109 cm³/mol. The van der Waals surface area contributed by atoms with Crippen molar-refractivity contribution >= 4 is 6.01 Å². The van der Waals surface area contributed by atoms with Crippen molar-refractivity contribution in [2.45, 2.75) is 71.5 Å². The molecule has 1 saturated heterocycles. The van der Waals surface area contributed by atoms with E-state index in [-0.39, 0.29) is 11.1 Å². The second-order valence-corrected chi connectivity index (χ2v) is 8.13. The van der Waals surface area contributed by atoms with E-state index in [9.17, 15) is 0 Å². The van der Waals surface area contributed by atoms with Gasteiger partial charge in [-0.3, -0.25) is 4.98 Å². The molecular weight excluding hydrogens is 384 g/mol. The quantitative estimate of drug-likeness (QED) is 0.245. The molecule has 0 amide bonds. The smallest absolute Gasteiger partial charge is 0.270 e. The van der Waals surface area contributed by atoms with Crippen LogP contribution in [0, 0.1) is 11.5 Å². The van der Waals surface area contributed by atoms with E-state index in [0.29, 0.717) is 5.75 Å². The molecule has 2 aromatic rings. The molecule has 0 saturated carbocycles. The first-order chi connectivity index (χ1) is 14.2. The van der Waals surface area contributed by atoms with E-state index in [0.717, 1.165) is 25.1 Å². The van der Waals surface area contributed by atoms with Crippen molar-refractivity contribution < 1.29 is 14.4 Å². The number of aliphatic imine (C=N–C) groups is 1. The van der Waals surface area contributed by atoms with Gasteiger partial charge >= 0.3 is 0 Å². The van der Waals surface area contributed by atoms with E-state index in [1.165, 1.54) is 18.6 Å². The highest BCUT2D eigenvalue weighted by Gasteiger charge is 2.43. The number of piperidine rings is 1. The molecule has 10 nitrogen and oxygen atoms in total. The Labute approximate surface area is 176 Å². The van der Waals surface area contributed by atoms with E-state index in [1.54, 1.807) is 18.7 Å². The van der Waals surface area contributed by atoms with Crippen molar-refractivity contribution in [2.75, 3.05) is 0 Å². The van der Waals surface area contributed by atoms with Crippen LogP contribution in [0.5, 0.6) is 5.75 Å². The highest BCUT2D eigenvalue weighted by Crippen LogP contribution is 2.38. The number of pyridine rings is 1. The summed E-state index contributed by atoms with van der Waals surface area (Å²) in [6, 6.07) is 3.17. The van der Waals surface area contributed by atoms with E-state index < -0.39 is 0 Å². The van der Waals surface area contributed by atoms with Crippen LogP contribution in [0.15, 0.2) is 36.1 Å². The Kier molecular flexibility index (Phi) is 7.78. The van der Waals surface area contributed by atoms with Gasteiger partial charge in [0.25, 0.3) is 6.33 Å². The second-order valence-electron chi connectivity index (χ2n) is 8.13. The maximum Gasteiger partial charge on any atom is 0.270 e. The summed E-state index contributed by atoms with van der Waals surface area (Å²) in [5.74, 6) is 0.562. The Morgan fingerprint density at radius 2 is 1.97 bits per heavy atom. The minimum Gasteiger partial charge on any atom is -0.422 e. The van der Waals surface area contributed by atoms with Gasteiger partial charge in [0.2, 0.25) is 6.33 Å². The van der Waals surface area contributed by atoms with Gasteiger partial charge in [-0.25, -0.2) is 4.57 Å². The normalized spacial score (nSPS) is 17.1. The Morgan fingerprint density at radius 1 is 1.27 bits per heavy atom. The number of hydrogen-bond acceptors (Lipinski definition) is 7. The molecule has 3 heterocycles. The van der Waals surface area contributed by atoms with Crippen LogP contribution in [-0.2, 0) is 11.5 Å². The van der Waals surface area contributed by atoms with Gasteiger partial charge in [0.1, 0.15) is 12.2 Å². The zero-order valence-corrected chi connectivity index (χ0v) is 18.1. The van der Waals surface area contributed by atoms with Gasteiger partial charge in [0.05, 0.1) is 18.6 Å². The van der Waals surface area contributed by atoms with Crippen LogP contribution in [0.2, 0.25) is 0 Å². The summed E-state index contributed by atoms with van der Waals surface area (Å²) in [5.41, 5.74) is 0.714. The van der Waals surface area contributed by atoms with Crippen LogP contribution in [0.25, 0.3) is 11.1 Å². The molecule has 1 aliphatic heterocycles. The van der Waals surface area contributed by atoms with Crippen LogP contribution in [0.4, 0.5) is 0 Å². The molecule has 0 atom stereocenters. The van der Waals surface area contributed by atoms with Gasteiger partial charge in [-0.15, -0.1) is 15.8 Å². The molecule has 0 N–H and O–H groups in total. The van der Waals surface area contributed by atoms with Crippen LogP contribution in [0.3, 0.4) is 0 Å². The Hall–Kier alpha value is -3.12. The molecule has 0 spiro atoms. The summed E-state index contributed by atoms with van der Waals surface area (Å²) >= 11 is 0. The number of nitrogens with zero attached hydrogens (tertiary/aromatic N) is 8. The van der Waals surface area contributed by atoms with E-state index in [4.69, 9.17) is 20.5 Å². The number of aryl methyl sites for hydroxylation is 1. The highest BCUT2D eigenvalue weighted by atomic mass is 17.3. The number of hydrogen-bond donors (Lipinski definition) is 0. The van der Waals surface area contributed by atoms with Gasteiger partial charge < -0.3 is 15.3 Å². The maximum absolute atomic E-state index is 7.43. The summed E-state index contributed by atoms with van der Waals surface area (Å²) in [5, 5.41) is 21.1. The topological polar surface area (TPSA) is 115 Å². The number of aromatic nitrogens is 4. The third kappa shape index (κ3) is 5.94. The lowest BCUT2D eigenvalue weighted by atomic mass is 9.82. The minimum absolute atomic E-state index is 0.0796. The summed E-state index contributed by atoms with van der Waals surface area (Å²) in [4.78, 5) is 18.2. The van der Waals surface area contributed by atoms with Crippen LogP contribution >= 0.6 is 0 Å². The fourth-order valence-electron chi connectivity index (χ4n) is 3.50. The number of hydroxylamine groups is 2. The van der Waals surface area contributed by atoms with Crippen molar-refractivity contribution in [2.24, 2.45) is 4.99 Å². The van der Waals surface area contributed by atoms with Gasteiger partial charge in [0.15, 0.2) is 5.75 Å². The molecule has 0 unspecified atom stereocenters. The van der Waals surface area contributed by atoms with Crippen molar-refractivity contribution in [3.63, 3.8) is 0 Å². The van der Waals surface area contributed by atoms with Crippen LogP contribution in [-0.4, -0.2) is 36.9 Å². The first kappa shape index (κ1) is 23.2. The van der Waals surface area contributed by atoms with Crippen molar-refractivity contribution in [3.8, 4) is 17.6 Å². The molecule has 0 aromatic carbocycles. The molecule has 2 aromatic heterocycles. The monoisotopic (exact) mass is 412 g/mol. The van der Waals surface area contributed by atoms with Gasteiger partial charge in [-0.05, 0) is 53.9 Å². The molecule has 0 radical (unpaired) electrons. The molecule has 3 rings (SSSR count). The zero-order chi connectivity index (χ0) is 22.2. The molecule has 30 heavy (non-hydrogen) atoms. The molecule has 160 valence electrons. The average Bonchev–Trinajstić information content (AvgIpc) is 3.17. The Morgan fingerprint density at radius 3 is 2.50 bits per heavy atom. The molecular formula is C20H28N8O2. The zero-order valence-electron chi connectivity index (χ0n) is 18.1. The van der Waals surface area contributed by atoms with E-state index in [1.807, 2.05) is 33.6 Å². The Bertz CT molecular complexity index is 909.